The molecule has 0 aliphatic carbocycles. The number of sulfonamides is 1. The predicted octanol–water partition coefficient (Wildman–Crippen LogP) is 1.37. The first-order valence-electron chi connectivity index (χ1n) is 5.76. The average molecular weight is 313 g/mol. The molecule has 0 unspecified atom stereocenters. The van der Waals surface area contributed by atoms with Crippen LogP contribution in [0.4, 0.5) is 10.2 Å². The van der Waals surface area contributed by atoms with Gasteiger partial charge < -0.3 is 5.11 Å². The third-order valence-electron chi connectivity index (χ3n) is 2.83. The second-order valence-electron chi connectivity index (χ2n) is 4.35. The number of carboxylic acids is 1. The second kappa shape index (κ2) is 5.17. The molecule has 7 nitrogen and oxygen atoms in total. The highest BCUT2D eigenvalue weighted by Crippen LogP contribution is 2.21. The summed E-state index contributed by atoms with van der Waals surface area (Å²) in [6.07, 6.45) is 1.40. The number of rotatable bonds is 4. The maximum Gasteiger partial charge on any atom is 0.338 e. The lowest BCUT2D eigenvalue weighted by molar-refractivity contribution is 0.0691. The van der Waals surface area contributed by atoms with Gasteiger partial charge in [-0.1, -0.05) is 0 Å². The van der Waals surface area contributed by atoms with Crippen LogP contribution in [0.5, 0.6) is 0 Å². The van der Waals surface area contributed by atoms with Gasteiger partial charge in [0.2, 0.25) is 0 Å². The molecule has 21 heavy (non-hydrogen) atoms. The minimum atomic E-state index is -4.04. The molecule has 2 rings (SSSR count). The van der Waals surface area contributed by atoms with Crippen LogP contribution in [0.2, 0.25) is 0 Å². The van der Waals surface area contributed by atoms with E-state index < -0.39 is 27.4 Å². The van der Waals surface area contributed by atoms with Crippen LogP contribution >= 0.6 is 0 Å². The van der Waals surface area contributed by atoms with E-state index in [0.717, 1.165) is 12.1 Å². The van der Waals surface area contributed by atoms with E-state index >= 15 is 0 Å². The molecule has 0 radical (unpaired) electrons. The third-order valence-corrected chi connectivity index (χ3v) is 4.16. The SMILES string of the molecule is Cc1cc(S(=O)(=O)Nc2ccnn2C)cc(C(=O)O)c1F. The van der Waals surface area contributed by atoms with Gasteiger partial charge in [0.15, 0.2) is 0 Å². The summed E-state index contributed by atoms with van der Waals surface area (Å²) in [5.41, 5.74) is -0.763. The van der Waals surface area contributed by atoms with Crippen LogP contribution in [0.1, 0.15) is 15.9 Å². The zero-order chi connectivity index (χ0) is 15.8. The quantitative estimate of drug-likeness (QED) is 0.887. The van der Waals surface area contributed by atoms with Crippen LogP contribution in [0.15, 0.2) is 29.3 Å². The number of carboxylic acid groups (broad SMARTS) is 1. The zero-order valence-corrected chi connectivity index (χ0v) is 12.0. The fraction of sp³-hybridized carbons (Fsp3) is 0.167. The average Bonchev–Trinajstić information content (AvgIpc) is 2.77. The highest BCUT2D eigenvalue weighted by molar-refractivity contribution is 7.92. The maximum absolute atomic E-state index is 13.7. The molecule has 1 aromatic heterocycles. The summed E-state index contributed by atoms with van der Waals surface area (Å²) in [7, 11) is -2.50. The zero-order valence-electron chi connectivity index (χ0n) is 11.2. The molecular formula is C12H12FN3O4S. The molecule has 9 heteroatoms. The Morgan fingerprint density at radius 2 is 2.10 bits per heavy atom. The second-order valence-corrected chi connectivity index (χ2v) is 6.03. The van der Waals surface area contributed by atoms with Crippen LogP contribution < -0.4 is 4.72 Å². The van der Waals surface area contributed by atoms with Crippen molar-refractivity contribution < 1.29 is 22.7 Å². The standard InChI is InChI=1S/C12H12FN3O4S/c1-7-5-8(6-9(11(7)13)12(17)18)21(19,20)15-10-3-4-14-16(10)2/h3-6,15H,1-2H3,(H,17,18). The van der Waals surface area contributed by atoms with Crippen LogP contribution in [0.25, 0.3) is 0 Å². The molecule has 0 saturated heterocycles. The number of nitrogens with one attached hydrogen (secondary N) is 1. The molecular weight excluding hydrogens is 301 g/mol. The Balaban J connectivity index is 2.50. The third kappa shape index (κ3) is 2.87. The van der Waals surface area contributed by atoms with Gasteiger partial charge in [0.05, 0.1) is 16.7 Å². The molecule has 0 atom stereocenters. The summed E-state index contributed by atoms with van der Waals surface area (Å²) in [4.78, 5) is 10.6. The Hall–Kier alpha value is -2.42. The molecule has 0 saturated carbocycles. The van der Waals surface area contributed by atoms with E-state index in [2.05, 4.69) is 9.82 Å². The molecule has 0 bridgehead atoms. The van der Waals surface area contributed by atoms with Gasteiger partial charge in [0.1, 0.15) is 11.6 Å². The summed E-state index contributed by atoms with van der Waals surface area (Å²) in [6, 6.07) is 3.29. The Morgan fingerprint density at radius 1 is 1.43 bits per heavy atom. The molecule has 0 spiro atoms. The van der Waals surface area contributed by atoms with Crippen molar-refractivity contribution in [3.05, 3.63) is 41.3 Å². The van der Waals surface area contributed by atoms with Crippen molar-refractivity contribution in [1.29, 1.82) is 0 Å². The number of benzene rings is 1. The smallest absolute Gasteiger partial charge is 0.338 e. The minimum Gasteiger partial charge on any atom is -0.478 e. The number of carbonyl (C=O) groups is 1. The Bertz CT molecular complexity index is 814. The van der Waals surface area contributed by atoms with Gasteiger partial charge in [-0.25, -0.2) is 17.6 Å². The summed E-state index contributed by atoms with van der Waals surface area (Å²) in [5, 5.41) is 12.7. The lowest BCUT2D eigenvalue weighted by atomic mass is 10.1. The normalized spacial score (nSPS) is 11.4. The topological polar surface area (TPSA) is 101 Å². The van der Waals surface area contributed by atoms with Crippen molar-refractivity contribution in [2.45, 2.75) is 11.8 Å². The molecule has 1 heterocycles. The minimum absolute atomic E-state index is 0.0692. The van der Waals surface area contributed by atoms with Gasteiger partial charge in [-0.05, 0) is 24.6 Å². The fourth-order valence-corrected chi connectivity index (χ4v) is 2.92. The first kappa shape index (κ1) is 15.0. The fourth-order valence-electron chi connectivity index (χ4n) is 1.72. The van der Waals surface area contributed by atoms with E-state index in [-0.39, 0.29) is 16.3 Å². The number of halogens is 1. The highest BCUT2D eigenvalue weighted by Gasteiger charge is 2.22. The van der Waals surface area contributed by atoms with Crippen molar-refractivity contribution in [1.82, 2.24) is 9.78 Å². The number of aromatic nitrogens is 2. The van der Waals surface area contributed by atoms with E-state index in [1.54, 1.807) is 0 Å². The predicted molar refractivity (Wildman–Crippen MR) is 72.1 cm³/mol. The lowest BCUT2D eigenvalue weighted by Crippen LogP contribution is -2.17. The summed E-state index contributed by atoms with van der Waals surface area (Å²) in [6.45, 7) is 1.30. The Kier molecular flexibility index (Phi) is 3.69. The van der Waals surface area contributed by atoms with Gasteiger partial charge in [-0.15, -0.1) is 0 Å². The summed E-state index contributed by atoms with van der Waals surface area (Å²) >= 11 is 0. The van der Waals surface area contributed by atoms with Gasteiger partial charge in [-0.3, -0.25) is 9.40 Å². The number of hydrogen-bond donors (Lipinski definition) is 2. The van der Waals surface area contributed by atoms with Crippen molar-refractivity contribution >= 4 is 21.8 Å². The highest BCUT2D eigenvalue weighted by atomic mass is 32.2. The Morgan fingerprint density at radius 3 is 2.62 bits per heavy atom. The lowest BCUT2D eigenvalue weighted by Gasteiger charge is -2.10. The number of hydrogen-bond acceptors (Lipinski definition) is 4. The van der Waals surface area contributed by atoms with E-state index in [0.29, 0.717) is 0 Å². The van der Waals surface area contributed by atoms with E-state index in [1.165, 1.54) is 30.9 Å². The monoisotopic (exact) mass is 313 g/mol. The molecule has 2 aromatic rings. The van der Waals surface area contributed by atoms with Crippen molar-refractivity contribution in [3.63, 3.8) is 0 Å². The molecule has 1 aromatic carbocycles. The van der Waals surface area contributed by atoms with E-state index in [1.807, 2.05) is 0 Å². The number of nitrogens with zero attached hydrogens (tertiary/aromatic N) is 2. The van der Waals surface area contributed by atoms with Crippen molar-refractivity contribution in [3.8, 4) is 0 Å². The Labute approximate surface area is 120 Å². The molecule has 0 aliphatic heterocycles. The maximum atomic E-state index is 13.7. The molecule has 2 N–H and O–H groups in total. The molecule has 112 valence electrons. The van der Waals surface area contributed by atoms with E-state index in [4.69, 9.17) is 5.11 Å². The van der Waals surface area contributed by atoms with Gasteiger partial charge >= 0.3 is 5.97 Å². The van der Waals surface area contributed by atoms with Gasteiger partial charge in [0, 0.05) is 13.1 Å². The van der Waals surface area contributed by atoms with Gasteiger partial charge in [-0.2, -0.15) is 5.10 Å². The number of aryl methyl sites for hydroxylation is 2. The summed E-state index contributed by atoms with van der Waals surface area (Å²) < 4.78 is 41.6. The number of aromatic carboxylic acids is 1. The molecule has 0 amide bonds. The first-order valence-corrected chi connectivity index (χ1v) is 7.25. The van der Waals surface area contributed by atoms with Crippen molar-refractivity contribution in [2.75, 3.05) is 4.72 Å². The number of anilines is 1. The molecule has 0 fully saturated rings. The van der Waals surface area contributed by atoms with Crippen molar-refractivity contribution in [2.24, 2.45) is 7.05 Å². The molecule has 0 aliphatic rings. The van der Waals surface area contributed by atoms with Gasteiger partial charge in [0.25, 0.3) is 10.0 Å². The van der Waals surface area contributed by atoms with E-state index in [9.17, 15) is 17.6 Å². The summed E-state index contributed by atoms with van der Waals surface area (Å²) in [5.74, 6) is -2.29. The van der Waals surface area contributed by atoms with Crippen LogP contribution in [0.3, 0.4) is 0 Å². The first-order chi connectivity index (χ1) is 9.72. The van der Waals surface area contributed by atoms with Crippen LogP contribution in [0, 0.1) is 12.7 Å². The van der Waals surface area contributed by atoms with Crippen LogP contribution in [-0.2, 0) is 17.1 Å². The largest absolute Gasteiger partial charge is 0.478 e. The van der Waals surface area contributed by atoms with Crippen LogP contribution in [-0.4, -0.2) is 29.3 Å².